The van der Waals surface area contributed by atoms with Gasteiger partial charge in [0.15, 0.2) is 0 Å². The summed E-state index contributed by atoms with van der Waals surface area (Å²) < 4.78 is 37.4. The number of aliphatic hydroxyl groups is 1. The van der Waals surface area contributed by atoms with Crippen LogP contribution in [0.4, 0.5) is 24.5 Å². The summed E-state index contributed by atoms with van der Waals surface area (Å²) in [4.78, 5) is 0. The Hall–Kier alpha value is -1.43. The molecule has 0 saturated heterocycles. The van der Waals surface area contributed by atoms with Gasteiger partial charge in [0, 0.05) is 6.54 Å². The van der Waals surface area contributed by atoms with Gasteiger partial charge in [-0.05, 0) is 31.5 Å². The predicted octanol–water partition coefficient (Wildman–Crippen LogP) is 3.25. The summed E-state index contributed by atoms with van der Waals surface area (Å²) in [6.45, 7) is 3.85. The predicted molar refractivity (Wildman–Crippen MR) is 69.9 cm³/mol. The van der Waals surface area contributed by atoms with Crippen LogP contribution < -0.4 is 11.1 Å². The summed E-state index contributed by atoms with van der Waals surface area (Å²) in [6.07, 6.45) is -2.99. The zero-order valence-electron chi connectivity index (χ0n) is 11.0. The number of rotatable bonds is 5. The summed E-state index contributed by atoms with van der Waals surface area (Å²) in [5, 5.41) is 12.8. The molecule has 1 aromatic rings. The maximum absolute atomic E-state index is 12.5. The second-order valence-corrected chi connectivity index (χ2v) is 4.90. The van der Waals surface area contributed by atoms with Crippen molar-refractivity contribution < 1.29 is 18.3 Å². The number of benzene rings is 1. The van der Waals surface area contributed by atoms with Gasteiger partial charge in [0.25, 0.3) is 0 Å². The van der Waals surface area contributed by atoms with Gasteiger partial charge in [0.1, 0.15) is 0 Å². The van der Waals surface area contributed by atoms with Crippen molar-refractivity contribution in [3.63, 3.8) is 0 Å². The second kappa shape index (κ2) is 5.69. The summed E-state index contributed by atoms with van der Waals surface area (Å²) in [5.74, 6) is 0. The largest absolute Gasteiger partial charge is 0.416 e. The smallest absolute Gasteiger partial charge is 0.397 e. The first-order valence-corrected chi connectivity index (χ1v) is 6.09. The minimum absolute atomic E-state index is 0.0159. The highest BCUT2D eigenvalue weighted by Gasteiger charge is 2.30. The molecule has 0 aliphatic rings. The molecule has 0 aromatic heterocycles. The van der Waals surface area contributed by atoms with E-state index >= 15 is 0 Å². The molecular formula is C13H19F3N2O. The number of hydrogen-bond acceptors (Lipinski definition) is 3. The van der Waals surface area contributed by atoms with Crippen molar-refractivity contribution in [2.24, 2.45) is 0 Å². The first-order chi connectivity index (χ1) is 8.65. The van der Waals surface area contributed by atoms with Crippen LogP contribution in [0.5, 0.6) is 0 Å². The molecule has 19 heavy (non-hydrogen) atoms. The third-order valence-corrected chi connectivity index (χ3v) is 2.83. The van der Waals surface area contributed by atoms with Crippen LogP contribution in [0.25, 0.3) is 0 Å². The van der Waals surface area contributed by atoms with E-state index in [0.717, 1.165) is 18.6 Å². The van der Waals surface area contributed by atoms with Crippen molar-refractivity contribution in [1.29, 1.82) is 0 Å². The van der Waals surface area contributed by atoms with Gasteiger partial charge >= 0.3 is 6.18 Å². The van der Waals surface area contributed by atoms with Gasteiger partial charge in [-0.2, -0.15) is 13.2 Å². The van der Waals surface area contributed by atoms with Gasteiger partial charge < -0.3 is 16.2 Å². The molecular weight excluding hydrogens is 257 g/mol. The molecule has 0 amide bonds. The Bertz CT molecular complexity index is 430. The SMILES string of the molecule is CCCC(C)(O)CNc1ccc(C(F)(F)F)cc1N. The lowest BCUT2D eigenvalue weighted by Gasteiger charge is -2.24. The normalized spacial score (nSPS) is 15.1. The molecule has 1 aromatic carbocycles. The lowest BCUT2D eigenvalue weighted by atomic mass is 10.0. The van der Waals surface area contributed by atoms with Gasteiger partial charge in [-0.25, -0.2) is 0 Å². The van der Waals surface area contributed by atoms with Crippen molar-refractivity contribution in [2.75, 3.05) is 17.6 Å². The molecule has 0 radical (unpaired) electrons. The van der Waals surface area contributed by atoms with E-state index in [1.54, 1.807) is 6.92 Å². The minimum atomic E-state index is -4.40. The zero-order chi connectivity index (χ0) is 14.7. The monoisotopic (exact) mass is 276 g/mol. The first-order valence-electron chi connectivity index (χ1n) is 6.09. The van der Waals surface area contributed by atoms with Crippen molar-refractivity contribution >= 4 is 11.4 Å². The third-order valence-electron chi connectivity index (χ3n) is 2.83. The fourth-order valence-corrected chi connectivity index (χ4v) is 1.81. The Kier molecular flexibility index (Phi) is 4.68. The topological polar surface area (TPSA) is 58.3 Å². The minimum Gasteiger partial charge on any atom is -0.397 e. The molecule has 1 rings (SSSR count). The Labute approximate surface area is 110 Å². The van der Waals surface area contributed by atoms with Crippen LogP contribution in [0.15, 0.2) is 18.2 Å². The van der Waals surface area contributed by atoms with E-state index in [-0.39, 0.29) is 12.2 Å². The molecule has 0 bridgehead atoms. The molecule has 0 fully saturated rings. The molecule has 0 aliphatic heterocycles. The highest BCUT2D eigenvalue weighted by Crippen LogP contribution is 2.33. The fraction of sp³-hybridized carbons (Fsp3) is 0.538. The maximum Gasteiger partial charge on any atom is 0.416 e. The van der Waals surface area contributed by atoms with Crippen LogP contribution in [-0.2, 0) is 6.18 Å². The Balaban J connectivity index is 2.76. The lowest BCUT2D eigenvalue weighted by molar-refractivity contribution is -0.137. The van der Waals surface area contributed by atoms with Gasteiger partial charge in [0.2, 0.25) is 0 Å². The van der Waals surface area contributed by atoms with Crippen LogP contribution in [0.2, 0.25) is 0 Å². The molecule has 0 spiro atoms. The molecule has 6 heteroatoms. The Morgan fingerprint density at radius 2 is 1.95 bits per heavy atom. The number of anilines is 2. The number of alkyl halides is 3. The number of hydrogen-bond donors (Lipinski definition) is 3. The summed E-state index contributed by atoms with van der Waals surface area (Å²) >= 11 is 0. The highest BCUT2D eigenvalue weighted by atomic mass is 19.4. The summed E-state index contributed by atoms with van der Waals surface area (Å²) in [5.41, 5.74) is 4.29. The van der Waals surface area contributed by atoms with Crippen LogP contribution in [0, 0.1) is 0 Å². The Morgan fingerprint density at radius 3 is 2.42 bits per heavy atom. The van der Waals surface area contributed by atoms with E-state index in [1.807, 2.05) is 6.92 Å². The number of nitrogens with one attached hydrogen (secondary N) is 1. The van der Waals surface area contributed by atoms with Crippen molar-refractivity contribution in [3.8, 4) is 0 Å². The van der Waals surface area contributed by atoms with Gasteiger partial charge in [0.05, 0.1) is 22.5 Å². The molecule has 0 heterocycles. The van der Waals surface area contributed by atoms with E-state index in [2.05, 4.69) is 5.32 Å². The fourth-order valence-electron chi connectivity index (χ4n) is 1.81. The average molecular weight is 276 g/mol. The molecule has 1 atom stereocenters. The molecule has 4 N–H and O–H groups in total. The van der Waals surface area contributed by atoms with E-state index in [4.69, 9.17) is 5.73 Å². The van der Waals surface area contributed by atoms with E-state index in [0.29, 0.717) is 12.1 Å². The third kappa shape index (κ3) is 4.63. The van der Waals surface area contributed by atoms with Crippen molar-refractivity contribution in [1.82, 2.24) is 0 Å². The van der Waals surface area contributed by atoms with E-state index in [1.165, 1.54) is 6.07 Å². The van der Waals surface area contributed by atoms with Gasteiger partial charge in [-0.3, -0.25) is 0 Å². The molecule has 1 unspecified atom stereocenters. The number of halogens is 3. The first kappa shape index (κ1) is 15.6. The van der Waals surface area contributed by atoms with Crippen LogP contribution in [0.1, 0.15) is 32.3 Å². The van der Waals surface area contributed by atoms with Crippen molar-refractivity contribution in [3.05, 3.63) is 23.8 Å². The quantitative estimate of drug-likeness (QED) is 0.723. The lowest BCUT2D eigenvalue weighted by Crippen LogP contribution is -2.33. The van der Waals surface area contributed by atoms with E-state index in [9.17, 15) is 18.3 Å². The summed E-state index contributed by atoms with van der Waals surface area (Å²) in [7, 11) is 0. The average Bonchev–Trinajstić information content (AvgIpc) is 2.26. The van der Waals surface area contributed by atoms with Gasteiger partial charge in [-0.15, -0.1) is 0 Å². The van der Waals surface area contributed by atoms with Crippen LogP contribution in [0.3, 0.4) is 0 Å². The maximum atomic E-state index is 12.5. The molecule has 0 saturated carbocycles. The second-order valence-electron chi connectivity index (χ2n) is 4.90. The number of nitrogens with two attached hydrogens (primary N) is 1. The standard InChI is InChI=1S/C13H19F3N2O/c1-3-6-12(2,19)8-18-11-5-4-9(7-10(11)17)13(14,15)16/h4-5,7,18-19H,3,6,8,17H2,1-2H3. The van der Waals surface area contributed by atoms with Gasteiger partial charge in [-0.1, -0.05) is 13.3 Å². The van der Waals surface area contributed by atoms with Crippen LogP contribution in [-0.4, -0.2) is 17.3 Å². The van der Waals surface area contributed by atoms with E-state index < -0.39 is 17.3 Å². The van der Waals surface area contributed by atoms with Crippen LogP contribution >= 0.6 is 0 Å². The molecule has 0 aliphatic carbocycles. The number of nitrogen functional groups attached to an aromatic ring is 1. The highest BCUT2D eigenvalue weighted by molar-refractivity contribution is 5.67. The Morgan fingerprint density at radius 1 is 1.32 bits per heavy atom. The zero-order valence-corrected chi connectivity index (χ0v) is 11.0. The summed E-state index contributed by atoms with van der Waals surface area (Å²) in [6, 6.07) is 3.13. The van der Waals surface area contributed by atoms with Crippen molar-refractivity contribution in [2.45, 2.75) is 38.5 Å². The molecule has 3 nitrogen and oxygen atoms in total. The molecule has 108 valence electrons.